The molecule has 7 heteroatoms. The largest absolute Gasteiger partial charge is 0.389 e. The van der Waals surface area contributed by atoms with Gasteiger partial charge in [-0.3, -0.25) is 9.78 Å². The Kier molecular flexibility index (Phi) is 4.26. The lowest BCUT2D eigenvalue weighted by Gasteiger charge is -2.08. The first-order valence-corrected chi connectivity index (χ1v) is 6.45. The van der Waals surface area contributed by atoms with E-state index in [9.17, 15) is 4.79 Å². The van der Waals surface area contributed by atoms with Gasteiger partial charge >= 0.3 is 0 Å². The van der Waals surface area contributed by atoms with Gasteiger partial charge in [-0.1, -0.05) is 29.9 Å². The van der Waals surface area contributed by atoms with Gasteiger partial charge in [0.2, 0.25) is 0 Å². The molecule has 0 aliphatic carbocycles. The molecule has 0 bridgehead atoms. The van der Waals surface area contributed by atoms with Crippen molar-refractivity contribution in [1.82, 2.24) is 9.97 Å². The van der Waals surface area contributed by atoms with Crippen LogP contribution in [0.5, 0.6) is 0 Å². The Morgan fingerprint density at radius 1 is 1.35 bits per heavy atom. The van der Waals surface area contributed by atoms with Gasteiger partial charge in [-0.15, -0.1) is 0 Å². The first-order chi connectivity index (χ1) is 9.47. The molecule has 0 radical (unpaired) electrons. The number of halogens is 1. The number of hydrogen-bond donors (Lipinski definition) is 2. The normalized spacial score (nSPS) is 10.1. The zero-order valence-corrected chi connectivity index (χ0v) is 12.1. The number of anilines is 1. The predicted octanol–water partition coefficient (Wildman–Crippen LogP) is 2.32. The highest BCUT2D eigenvalue weighted by molar-refractivity contribution is 7.80. The van der Waals surface area contributed by atoms with Crippen LogP contribution in [0.2, 0.25) is 5.02 Å². The quantitative estimate of drug-likeness (QED) is 0.851. The van der Waals surface area contributed by atoms with Crippen molar-refractivity contribution in [2.24, 2.45) is 5.73 Å². The molecular weight excluding hydrogens is 296 g/mol. The van der Waals surface area contributed by atoms with Crippen molar-refractivity contribution in [3.63, 3.8) is 0 Å². The number of carbonyl (C=O) groups is 1. The van der Waals surface area contributed by atoms with Gasteiger partial charge in [0.15, 0.2) is 0 Å². The summed E-state index contributed by atoms with van der Waals surface area (Å²) in [5, 5.41) is 3.04. The van der Waals surface area contributed by atoms with Crippen molar-refractivity contribution in [2.45, 2.75) is 6.92 Å². The van der Waals surface area contributed by atoms with E-state index in [0.29, 0.717) is 16.3 Å². The van der Waals surface area contributed by atoms with Crippen molar-refractivity contribution in [1.29, 1.82) is 0 Å². The van der Waals surface area contributed by atoms with E-state index in [1.54, 1.807) is 25.1 Å². The molecule has 20 heavy (non-hydrogen) atoms. The molecule has 1 heterocycles. The van der Waals surface area contributed by atoms with E-state index in [1.807, 2.05) is 0 Å². The molecule has 1 aromatic heterocycles. The Morgan fingerprint density at radius 3 is 2.70 bits per heavy atom. The van der Waals surface area contributed by atoms with Crippen LogP contribution in [0.1, 0.15) is 21.7 Å². The van der Waals surface area contributed by atoms with Crippen LogP contribution in [0.25, 0.3) is 0 Å². The topological polar surface area (TPSA) is 80.9 Å². The number of thiocarbonyl (C=S) groups is 1. The molecule has 5 nitrogen and oxygen atoms in total. The summed E-state index contributed by atoms with van der Waals surface area (Å²) in [6, 6.07) is 4.92. The second kappa shape index (κ2) is 5.94. The summed E-state index contributed by atoms with van der Waals surface area (Å²) in [6.45, 7) is 1.79. The zero-order valence-electron chi connectivity index (χ0n) is 10.6. The maximum Gasteiger partial charge on any atom is 0.275 e. The van der Waals surface area contributed by atoms with Crippen molar-refractivity contribution < 1.29 is 4.79 Å². The third-order valence-electron chi connectivity index (χ3n) is 2.51. The Labute approximate surface area is 126 Å². The van der Waals surface area contributed by atoms with Gasteiger partial charge in [0.05, 0.1) is 22.6 Å². The van der Waals surface area contributed by atoms with Crippen LogP contribution in [0.15, 0.2) is 30.6 Å². The van der Waals surface area contributed by atoms with Gasteiger partial charge in [0.25, 0.3) is 5.91 Å². The van der Waals surface area contributed by atoms with E-state index in [0.717, 1.165) is 5.69 Å². The minimum absolute atomic E-state index is 0.201. The average Bonchev–Trinajstić information content (AvgIpc) is 2.41. The summed E-state index contributed by atoms with van der Waals surface area (Å²) in [5.74, 6) is -0.403. The van der Waals surface area contributed by atoms with Crippen LogP contribution in [-0.4, -0.2) is 20.9 Å². The average molecular weight is 307 g/mol. The molecular formula is C13H11ClN4OS. The van der Waals surface area contributed by atoms with E-state index in [4.69, 9.17) is 29.6 Å². The molecule has 0 aliphatic heterocycles. The summed E-state index contributed by atoms with van der Waals surface area (Å²) in [4.78, 5) is 20.3. The summed E-state index contributed by atoms with van der Waals surface area (Å²) in [7, 11) is 0. The molecule has 1 aromatic carbocycles. The smallest absolute Gasteiger partial charge is 0.275 e. The lowest BCUT2D eigenvalue weighted by Crippen LogP contribution is -2.16. The van der Waals surface area contributed by atoms with Gasteiger partial charge in [0, 0.05) is 11.8 Å². The predicted molar refractivity (Wildman–Crippen MR) is 82.1 cm³/mol. The molecule has 0 unspecified atom stereocenters. The number of benzene rings is 1. The van der Waals surface area contributed by atoms with E-state index >= 15 is 0 Å². The summed E-state index contributed by atoms with van der Waals surface area (Å²) >= 11 is 10.9. The van der Waals surface area contributed by atoms with E-state index in [1.165, 1.54) is 12.4 Å². The van der Waals surface area contributed by atoms with Gasteiger partial charge < -0.3 is 11.1 Å². The highest BCUT2D eigenvalue weighted by Gasteiger charge is 2.11. The van der Waals surface area contributed by atoms with Crippen LogP contribution in [-0.2, 0) is 0 Å². The third-order valence-corrected chi connectivity index (χ3v) is 3.08. The number of nitrogens with zero attached hydrogens (tertiary/aromatic N) is 2. The molecule has 0 aliphatic rings. The van der Waals surface area contributed by atoms with Crippen LogP contribution in [0.4, 0.5) is 5.69 Å². The molecule has 3 N–H and O–H groups in total. The standard InChI is InChI=1S/C13H11ClN4OS/c1-7-5-17-11(6-16-7)13(19)18-10-4-8(12(15)20)2-3-9(10)14/h2-6H,1H3,(H2,15,20)(H,18,19). The Morgan fingerprint density at radius 2 is 2.10 bits per heavy atom. The van der Waals surface area contributed by atoms with Crippen LogP contribution in [0.3, 0.4) is 0 Å². The van der Waals surface area contributed by atoms with Gasteiger partial charge in [-0.25, -0.2) is 4.98 Å². The highest BCUT2D eigenvalue weighted by atomic mass is 35.5. The molecule has 0 atom stereocenters. The van der Waals surface area contributed by atoms with Crippen molar-refractivity contribution in [3.05, 3.63) is 52.6 Å². The first-order valence-electron chi connectivity index (χ1n) is 5.66. The maximum atomic E-state index is 12.0. The fourth-order valence-electron chi connectivity index (χ4n) is 1.47. The summed E-state index contributed by atoms with van der Waals surface area (Å²) < 4.78 is 0. The van der Waals surface area contributed by atoms with E-state index in [-0.39, 0.29) is 10.7 Å². The maximum absolute atomic E-state index is 12.0. The number of hydrogen-bond acceptors (Lipinski definition) is 4. The van der Waals surface area contributed by atoms with Gasteiger partial charge in [-0.05, 0) is 19.1 Å². The van der Waals surface area contributed by atoms with Crippen molar-refractivity contribution in [3.8, 4) is 0 Å². The Bertz CT molecular complexity index is 673. The van der Waals surface area contributed by atoms with E-state index in [2.05, 4.69) is 15.3 Å². The minimum atomic E-state index is -0.403. The second-order valence-corrected chi connectivity index (χ2v) is 4.90. The number of rotatable bonds is 3. The van der Waals surface area contributed by atoms with Crippen LogP contribution in [0, 0.1) is 6.92 Å². The molecule has 1 amide bonds. The Balaban J connectivity index is 2.25. The summed E-state index contributed by atoms with van der Waals surface area (Å²) in [6.07, 6.45) is 2.91. The van der Waals surface area contributed by atoms with Crippen LogP contribution >= 0.6 is 23.8 Å². The number of aromatic nitrogens is 2. The molecule has 0 saturated carbocycles. The number of amides is 1. The first kappa shape index (κ1) is 14.4. The molecule has 0 spiro atoms. The SMILES string of the molecule is Cc1cnc(C(=O)Nc2cc(C(N)=S)ccc2Cl)cn1. The molecule has 2 rings (SSSR count). The molecule has 2 aromatic rings. The van der Waals surface area contributed by atoms with E-state index < -0.39 is 5.91 Å². The summed E-state index contributed by atoms with van der Waals surface area (Å²) in [5.41, 5.74) is 7.52. The van der Waals surface area contributed by atoms with Crippen molar-refractivity contribution in [2.75, 3.05) is 5.32 Å². The third kappa shape index (κ3) is 3.28. The fourth-order valence-corrected chi connectivity index (χ4v) is 1.76. The molecule has 0 fully saturated rings. The minimum Gasteiger partial charge on any atom is -0.389 e. The second-order valence-electron chi connectivity index (χ2n) is 4.06. The lowest BCUT2D eigenvalue weighted by atomic mass is 10.2. The van der Waals surface area contributed by atoms with Gasteiger partial charge in [0.1, 0.15) is 10.7 Å². The van der Waals surface area contributed by atoms with Crippen LogP contribution < -0.4 is 11.1 Å². The van der Waals surface area contributed by atoms with Gasteiger partial charge in [-0.2, -0.15) is 0 Å². The number of aryl methyl sites for hydroxylation is 1. The van der Waals surface area contributed by atoms with Crippen molar-refractivity contribution >= 4 is 40.4 Å². The number of nitrogens with two attached hydrogens (primary N) is 1. The number of carbonyl (C=O) groups excluding carboxylic acids is 1. The number of nitrogens with one attached hydrogen (secondary N) is 1. The highest BCUT2D eigenvalue weighted by Crippen LogP contribution is 2.23. The monoisotopic (exact) mass is 306 g/mol. The zero-order chi connectivity index (χ0) is 14.7. The molecule has 102 valence electrons. The Hall–Kier alpha value is -2.05. The lowest BCUT2D eigenvalue weighted by molar-refractivity contribution is 0.102. The molecule has 0 saturated heterocycles. The fraction of sp³-hybridized carbons (Fsp3) is 0.0769.